The minimum Gasteiger partial charge on any atom is -0.379 e. The van der Waals surface area contributed by atoms with Gasteiger partial charge in [-0.3, -0.25) is 4.18 Å². The van der Waals surface area contributed by atoms with Gasteiger partial charge in [0, 0.05) is 6.61 Å². The van der Waals surface area contributed by atoms with Gasteiger partial charge >= 0.3 is 0 Å². The molecular formula is C21H36O8S. The average molecular weight is 449 g/mol. The van der Waals surface area contributed by atoms with Crippen molar-refractivity contribution in [3.63, 3.8) is 0 Å². The number of hydrogen-bond acceptors (Lipinski definition) is 8. The molecule has 0 amide bonds. The lowest BCUT2D eigenvalue weighted by Gasteiger charge is -2.10. The second kappa shape index (κ2) is 17.6. The maximum absolute atomic E-state index is 11.9. The van der Waals surface area contributed by atoms with E-state index in [-0.39, 0.29) is 18.1 Å². The standard InChI is InChI=1S/C21H36O8S/c1-3-20(2)19-28-16-15-26-12-11-24-9-10-25-13-14-27-17-18-29-30(22,23)21-7-5-4-6-8-21/h4-8,20H,3,9-19H2,1-2H3. The molecule has 30 heavy (non-hydrogen) atoms. The van der Waals surface area contributed by atoms with Gasteiger partial charge in [-0.15, -0.1) is 0 Å². The van der Waals surface area contributed by atoms with Crippen LogP contribution in [0.2, 0.25) is 0 Å². The smallest absolute Gasteiger partial charge is 0.297 e. The zero-order chi connectivity index (χ0) is 21.9. The van der Waals surface area contributed by atoms with E-state index in [1.165, 1.54) is 12.1 Å². The second-order valence-electron chi connectivity index (χ2n) is 6.63. The summed E-state index contributed by atoms with van der Waals surface area (Å²) in [5, 5.41) is 0. The predicted octanol–water partition coefficient (Wildman–Crippen LogP) is 2.52. The minimum absolute atomic E-state index is 0.0387. The van der Waals surface area contributed by atoms with Gasteiger partial charge in [0.2, 0.25) is 0 Å². The quantitative estimate of drug-likeness (QED) is 0.222. The molecule has 0 fully saturated rings. The molecule has 0 saturated carbocycles. The van der Waals surface area contributed by atoms with Crippen molar-refractivity contribution in [1.82, 2.24) is 0 Å². The minimum atomic E-state index is -3.73. The zero-order valence-electron chi connectivity index (χ0n) is 18.1. The Hall–Kier alpha value is -1.07. The van der Waals surface area contributed by atoms with Crippen LogP contribution in [0, 0.1) is 5.92 Å². The van der Waals surface area contributed by atoms with Gasteiger partial charge in [-0.05, 0) is 18.1 Å². The van der Waals surface area contributed by atoms with Crippen molar-refractivity contribution in [2.24, 2.45) is 5.92 Å². The zero-order valence-corrected chi connectivity index (χ0v) is 18.9. The fourth-order valence-electron chi connectivity index (χ4n) is 2.14. The first-order chi connectivity index (χ1) is 14.6. The molecule has 0 radical (unpaired) electrons. The Morgan fingerprint density at radius 2 is 1.13 bits per heavy atom. The Kier molecular flexibility index (Phi) is 15.8. The van der Waals surface area contributed by atoms with E-state index >= 15 is 0 Å². The van der Waals surface area contributed by atoms with Gasteiger partial charge in [-0.25, -0.2) is 0 Å². The molecule has 1 rings (SSSR count). The van der Waals surface area contributed by atoms with Crippen molar-refractivity contribution in [3.8, 4) is 0 Å². The fourth-order valence-corrected chi connectivity index (χ4v) is 3.05. The van der Waals surface area contributed by atoms with Crippen LogP contribution < -0.4 is 0 Å². The highest BCUT2D eigenvalue weighted by molar-refractivity contribution is 7.86. The molecular weight excluding hydrogens is 412 g/mol. The van der Waals surface area contributed by atoms with Gasteiger partial charge in [0.15, 0.2) is 0 Å². The van der Waals surface area contributed by atoms with Crippen molar-refractivity contribution in [3.05, 3.63) is 30.3 Å². The SMILES string of the molecule is CCC(C)COCCOCCOCCOCCOCCOS(=O)(=O)c1ccccc1. The highest BCUT2D eigenvalue weighted by Gasteiger charge is 2.13. The molecule has 0 bridgehead atoms. The summed E-state index contributed by atoms with van der Waals surface area (Å²) in [7, 11) is -3.73. The van der Waals surface area contributed by atoms with E-state index in [1.807, 2.05) is 0 Å². The number of benzene rings is 1. The van der Waals surface area contributed by atoms with Gasteiger partial charge in [0.1, 0.15) is 0 Å². The summed E-state index contributed by atoms with van der Waals surface area (Å²) in [4.78, 5) is 0.133. The molecule has 0 aliphatic heterocycles. The molecule has 1 atom stereocenters. The van der Waals surface area contributed by atoms with Gasteiger partial charge in [-0.1, -0.05) is 38.5 Å². The van der Waals surface area contributed by atoms with Crippen LogP contribution in [-0.2, 0) is 38.0 Å². The van der Waals surface area contributed by atoms with E-state index in [1.54, 1.807) is 18.2 Å². The van der Waals surface area contributed by atoms with Crippen molar-refractivity contribution in [2.45, 2.75) is 25.2 Å². The highest BCUT2D eigenvalue weighted by Crippen LogP contribution is 2.10. The van der Waals surface area contributed by atoms with Gasteiger partial charge in [-0.2, -0.15) is 8.42 Å². The lowest BCUT2D eigenvalue weighted by Crippen LogP contribution is -2.15. The average Bonchev–Trinajstić information content (AvgIpc) is 2.76. The molecule has 0 aromatic heterocycles. The third-order valence-corrected chi connectivity index (χ3v) is 5.41. The van der Waals surface area contributed by atoms with Gasteiger partial charge in [0.05, 0.1) is 71.0 Å². The Morgan fingerprint density at radius 3 is 1.60 bits per heavy atom. The molecule has 174 valence electrons. The van der Waals surface area contributed by atoms with Crippen LogP contribution in [0.5, 0.6) is 0 Å². The first-order valence-corrected chi connectivity index (χ1v) is 11.8. The summed E-state index contributed by atoms with van der Waals surface area (Å²) >= 11 is 0. The number of hydrogen-bond donors (Lipinski definition) is 0. The van der Waals surface area contributed by atoms with Gasteiger partial charge in [0.25, 0.3) is 10.1 Å². The van der Waals surface area contributed by atoms with Crippen molar-refractivity contribution < 1.29 is 36.3 Å². The van der Waals surface area contributed by atoms with Crippen LogP contribution in [0.1, 0.15) is 20.3 Å². The predicted molar refractivity (Wildman–Crippen MR) is 113 cm³/mol. The fraction of sp³-hybridized carbons (Fsp3) is 0.714. The Bertz CT molecular complexity index is 609. The molecule has 0 saturated heterocycles. The molecule has 1 unspecified atom stereocenters. The van der Waals surface area contributed by atoms with Crippen LogP contribution in [-0.4, -0.2) is 81.1 Å². The maximum Gasteiger partial charge on any atom is 0.297 e. The van der Waals surface area contributed by atoms with E-state index in [0.29, 0.717) is 58.8 Å². The number of ether oxygens (including phenoxy) is 5. The Morgan fingerprint density at radius 1 is 0.700 bits per heavy atom. The lowest BCUT2D eigenvalue weighted by molar-refractivity contribution is -0.0145. The molecule has 9 heteroatoms. The second-order valence-corrected chi connectivity index (χ2v) is 8.24. The Labute approximate surface area is 180 Å². The van der Waals surface area contributed by atoms with Crippen molar-refractivity contribution >= 4 is 10.1 Å². The monoisotopic (exact) mass is 448 g/mol. The molecule has 0 heterocycles. The van der Waals surface area contributed by atoms with E-state index in [4.69, 9.17) is 27.9 Å². The topological polar surface area (TPSA) is 89.5 Å². The summed E-state index contributed by atoms with van der Waals surface area (Å²) in [5.41, 5.74) is 0. The normalized spacial score (nSPS) is 12.9. The van der Waals surface area contributed by atoms with E-state index in [2.05, 4.69) is 13.8 Å². The summed E-state index contributed by atoms with van der Waals surface area (Å²) in [6, 6.07) is 8.01. The third-order valence-electron chi connectivity index (χ3n) is 4.09. The largest absolute Gasteiger partial charge is 0.379 e. The molecule has 8 nitrogen and oxygen atoms in total. The van der Waals surface area contributed by atoms with Crippen molar-refractivity contribution in [1.29, 1.82) is 0 Å². The molecule has 0 N–H and O–H groups in total. The first-order valence-electron chi connectivity index (χ1n) is 10.4. The van der Waals surface area contributed by atoms with Crippen LogP contribution in [0.25, 0.3) is 0 Å². The van der Waals surface area contributed by atoms with Crippen LogP contribution in [0.15, 0.2) is 35.2 Å². The molecule has 0 aliphatic rings. The van der Waals surface area contributed by atoms with Crippen molar-refractivity contribution in [2.75, 3.05) is 72.7 Å². The van der Waals surface area contributed by atoms with Gasteiger partial charge < -0.3 is 23.7 Å². The molecule has 1 aromatic carbocycles. The summed E-state index contributed by atoms with van der Waals surface area (Å²) in [6.07, 6.45) is 1.12. The summed E-state index contributed by atoms with van der Waals surface area (Å²) < 4.78 is 55.7. The Balaban J connectivity index is 1.81. The van der Waals surface area contributed by atoms with E-state index in [0.717, 1.165) is 13.0 Å². The van der Waals surface area contributed by atoms with Crippen LogP contribution in [0.3, 0.4) is 0 Å². The maximum atomic E-state index is 11.9. The molecule has 1 aromatic rings. The molecule has 0 spiro atoms. The first kappa shape index (κ1) is 27.0. The summed E-state index contributed by atoms with van der Waals surface area (Å²) in [5.74, 6) is 0.586. The van der Waals surface area contributed by atoms with Crippen LogP contribution in [0.4, 0.5) is 0 Å². The third kappa shape index (κ3) is 14.0. The van der Waals surface area contributed by atoms with Crippen LogP contribution >= 0.6 is 0 Å². The molecule has 0 aliphatic carbocycles. The van der Waals surface area contributed by atoms with E-state index in [9.17, 15) is 8.42 Å². The lowest BCUT2D eigenvalue weighted by atomic mass is 10.1. The van der Waals surface area contributed by atoms with E-state index < -0.39 is 10.1 Å². The highest BCUT2D eigenvalue weighted by atomic mass is 32.2. The number of rotatable bonds is 20. The summed E-state index contributed by atoms with van der Waals surface area (Å²) in [6.45, 7) is 9.14.